The van der Waals surface area contributed by atoms with Crippen molar-refractivity contribution < 1.29 is 22.8 Å². The Hall–Kier alpha value is -3.89. The molecule has 4 N–H and O–H groups in total. The largest absolute Gasteiger partial charge is 0.417 e. The number of imidazole rings is 1. The van der Waals surface area contributed by atoms with Gasteiger partial charge in [0.2, 0.25) is 0 Å². The Morgan fingerprint density at radius 3 is 2.43 bits per heavy atom. The van der Waals surface area contributed by atoms with Gasteiger partial charge >= 0.3 is 6.18 Å². The van der Waals surface area contributed by atoms with E-state index in [9.17, 15) is 22.8 Å². The van der Waals surface area contributed by atoms with Gasteiger partial charge in [0.15, 0.2) is 0 Å². The van der Waals surface area contributed by atoms with E-state index in [1.54, 1.807) is 31.2 Å². The number of carbonyl (C=O) groups excluding carboxylic acids is 2. The lowest BCUT2D eigenvalue weighted by Gasteiger charge is -2.24. The minimum atomic E-state index is -4.70. The molecule has 2 heterocycles. The third kappa shape index (κ3) is 4.90. The van der Waals surface area contributed by atoms with E-state index in [0.717, 1.165) is 25.2 Å². The first-order valence-electron chi connectivity index (χ1n) is 11.4. The van der Waals surface area contributed by atoms with Crippen LogP contribution in [0.1, 0.15) is 43.6 Å². The van der Waals surface area contributed by atoms with Gasteiger partial charge in [-0.1, -0.05) is 29.8 Å². The Morgan fingerprint density at radius 1 is 1.00 bits per heavy atom. The van der Waals surface area contributed by atoms with E-state index in [0.29, 0.717) is 33.1 Å². The van der Waals surface area contributed by atoms with Gasteiger partial charge in [-0.05, 0) is 48.9 Å². The molecule has 0 atom stereocenters. The summed E-state index contributed by atoms with van der Waals surface area (Å²) in [6.07, 6.45) is -4.70. The van der Waals surface area contributed by atoms with Gasteiger partial charge in [0.1, 0.15) is 11.3 Å². The van der Waals surface area contributed by atoms with Crippen LogP contribution in [0.4, 0.5) is 24.5 Å². The lowest BCUT2D eigenvalue weighted by atomic mass is 10.0. The van der Waals surface area contributed by atoms with Crippen LogP contribution in [0.5, 0.6) is 0 Å². The molecule has 190 valence electrons. The zero-order valence-corrected chi connectivity index (χ0v) is 20.2. The van der Waals surface area contributed by atoms with E-state index in [4.69, 9.17) is 11.6 Å². The molecule has 0 radical (unpaired) electrons. The van der Waals surface area contributed by atoms with Crippen molar-refractivity contribution in [2.24, 2.45) is 0 Å². The number of fused-ring (bicyclic) bond motifs is 1. The van der Waals surface area contributed by atoms with Crippen LogP contribution in [0, 0.1) is 6.92 Å². The molecule has 0 unspecified atom stereocenters. The maximum Gasteiger partial charge on any atom is 0.417 e. The van der Waals surface area contributed by atoms with Gasteiger partial charge in [0.25, 0.3) is 11.8 Å². The lowest BCUT2D eigenvalue weighted by Crippen LogP contribution is -2.40. The average Bonchev–Trinajstić information content (AvgIpc) is 3.22. The molecule has 11 heteroatoms. The number of aromatic nitrogens is 2. The Bertz CT molecular complexity index is 1530. The minimum Gasteiger partial charge on any atom is -0.342 e. The molecule has 1 fully saturated rings. The Morgan fingerprint density at radius 2 is 1.73 bits per heavy atom. The van der Waals surface area contributed by atoms with E-state index < -0.39 is 29.1 Å². The molecule has 0 spiro atoms. The number of benzene rings is 3. The quantitative estimate of drug-likeness (QED) is 0.266. The van der Waals surface area contributed by atoms with Gasteiger partial charge in [-0.2, -0.15) is 13.2 Å². The van der Waals surface area contributed by atoms with Gasteiger partial charge in [-0.15, -0.1) is 0 Å². The van der Waals surface area contributed by atoms with Crippen LogP contribution in [-0.2, 0) is 6.18 Å². The van der Waals surface area contributed by atoms with Crippen molar-refractivity contribution in [2.75, 3.05) is 23.7 Å². The maximum absolute atomic E-state index is 13.5. The van der Waals surface area contributed by atoms with Crippen molar-refractivity contribution in [2.45, 2.75) is 19.0 Å². The molecule has 1 saturated heterocycles. The molecule has 0 bridgehead atoms. The second kappa shape index (κ2) is 9.53. The van der Waals surface area contributed by atoms with Crippen molar-refractivity contribution >= 4 is 45.8 Å². The number of hydrogen-bond acceptors (Lipinski definition) is 4. The van der Waals surface area contributed by atoms with Crippen LogP contribution in [0.25, 0.3) is 11.0 Å². The topological polar surface area (TPSA) is 98.9 Å². The molecular formula is C26H21ClF3N5O2. The third-order valence-electron chi connectivity index (χ3n) is 6.27. The molecule has 0 aliphatic carbocycles. The summed E-state index contributed by atoms with van der Waals surface area (Å²) in [6, 6.07) is 12.6. The highest BCUT2D eigenvalue weighted by atomic mass is 35.5. The smallest absolute Gasteiger partial charge is 0.342 e. The summed E-state index contributed by atoms with van der Waals surface area (Å²) in [5.41, 5.74) is 0.731. The normalized spacial score (nSPS) is 13.9. The molecule has 5 rings (SSSR count). The number of alkyl halides is 3. The summed E-state index contributed by atoms with van der Waals surface area (Å²) in [5, 5.41) is 8.96. The summed E-state index contributed by atoms with van der Waals surface area (Å²) in [4.78, 5) is 34.0. The average molecular weight is 528 g/mol. The minimum absolute atomic E-state index is 0.134. The first-order chi connectivity index (χ1) is 17.6. The fourth-order valence-electron chi connectivity index (χ4n) is 4.12. The Kier molecular flexibility index (Phi) is 6.38. The molecule has 37 heavy (non-hydrogen) atoms. The highest BCUT2D eigenvalue weighted by Gasteiger charge is 2.35. The zero-order chi connectivity index (χ0) is 26.3. The number of amides is 2. The first-order valence-corrected chi connectivity index (χ1v) is 11.8. The van der Waals surface area contributed by atoms with Gasteiger partial charge in [0, 0.05) is 35.4 Å². The van der Waals surface area contributed by atoms with Crippen LogP contribution in [-0.4, -0.2) is 34.9 Å². The molecule has 1 aliphatic heterocycles. The van der Waals surface area contributed by atoms with E-state index in [2.05, 4.69) is 25.9 Å². The molecule has 1 aliphatic rings. The van der Waals surface area contributed by atoms with Crippen molar-refractivity contribution in [1.82, 2.24) is 15.3 Å². The summed E-state index contributed by atoms with van der Waals surface area (Å²) >= 11 is 6.18. The second-order valence-corrected chi connectivity index (χ2v) is 9.17. The van der Waals surface area contributed by atoms with Crippen LogP contribution in [0.15, 0.2) is 54.6 Å². The van der Waals surface area contributed by atoms with Crippen LogP contribution in [0.2, 0.25) is 5.02 Å². The number of nitrogens with zero attached hydrogens (tertiary/aromatic N) is 1. The molecule has 7 nitrogen and oxygen atoms in total. The number of aromatic amines is 1. The molecule has 4 aromatic rings. The third-order valence-corrected chi connectivity index (χ3v) is 6.68. The molecule has 3 aromatic carbocycles. The zero-order valence-electron chi connectivity index (χ0n) is 19.5. The summed E-state index contributed by atoms with van der Waals surface area (Å²) in [6.45, 7) is 3.21. The molecule has 1 aromatic heterocycles. The molecule has 2 amide bonds. The van der Waals surface area contributed by atoms with Crippen LogP contribution in [0.3, 0.4) is 0 Å². The van der Waals surface area contributed by atoms with Crippen molar-refractivity contribution in [3.05, 3.63) is 87.7 Å². The number of carbonyl (C=O) groups is 2. The SMILES string of the molecule is Cc1c(Cl)cccc1NC(=O)c1cc(NC(=O)c2ccccc2C(F)(F)F)cc2[nH]c(C3CNC3)nc12. The van der Waals surface area contributed by atoms with Crippen molar-refractivity contribution in [1.29, 1.82) is 0 Å². The van der Waals surface area contributed by atoms with Crippen molar-refractivity contribution in [3.63, 3.8) is 0 Å². The predicted molar refractivity (Wildman–Crippen MR) is 135 cm³/mol. The first kappa shape index (κ1) is 24.8. The fraction of sp³-hybridized carbons (Fsp3) is 0.192. The Labute approximate surface area is 214 Å². The van der Waals surface area contributed by atoms with Crippen LogP contribution < -0.4 is 16.0 Å². The van der Waals surface area contributed by atoms with Gasteiger partial charge < -0.3 is 20.9 Å². The lowest BCUT2D eigenvalue weighted by molar-refractivity contribution is -0.137. The highest BCUT2D eigenvalue weighted by molar-refractivity contribution is 6.31. The summed E-state index contributed by atoms with van der Waals surface area (Å²) in [7, 11) is 0. The number of rotatable bonds is 5. The summed E-state index contributed by atoms with van der Waals surface area (Å²) in [5.74, 6) is -0.651. The second-order valence-electron chi connectivity index (χ2n) is 8.76. The van der Waals surface area contributed by atoms with Gasteiger partial charge in [-0.3, -0.25) is 9.59 Å². The number of nitrogens with one attached hydrogen (secondary N) is 4. The highest BCUT2D eigenvalue weighted by Crippen LogP contribution is 2.33. The Balaban J connectivity index is 1.54. The molecule has 0 saturated carbocycles. The number of anilines is 2. The fourth-order valence-corrected chi connectivity index (χ4v) is 4.29. The molecular weight excluding hydrogens is 507 g/mol. The number of H-pyrrole nitrogens is 1. The van der Waals surface area contributed by atoms with Crippen molar-refractivity contribution in [3.8, 4) is 0 Å². The van der Waals surface area contributed by atoms with E-state index in [1.165, 1.54) is 18.2 Å². The number of hydrogen-bond donors (Lipinski definition) is 4. The van der Waals surface area contributed by atoms with E-state index in [1.807, 2.05) is 0 Å². The van der Waals surface area contributed by atoms with Crippen LogP contribution >= 0.6 is 11.6 Å². The predicted octanol–water partition coefficient (Wildman–Crippen LogP) is 5.73. The van der Waals surface area contributed by atoms with Gasteiger partial charge in [0.05, 0.1) is 22.2 Å². The van der Waals surface area contributed by atoms with E-state index in [-0.39, 0.29) is 17.2 Å². The maximum atomic E-state index is 13.5. The summed E-state index contributed by atoms with van der Waals surface area (Å²) < 4.78 is 40.4. The van der Waals surface area contributed by atoms with E-state index >= 15 is 0 Å². The number of halogens is 4. The standard InChI is InChI=1S/C26H21ClF3N5O2/c1-13-19(27)7-4-8-20(13)34-25(37)17-9-15(10-21-22(17)35-23(33-21)14-11-31-12-14)32-24(36)16-5-2-3-6-18(16)26(28,29)30/h2-10,14,31H,11-12H2,1H3,(H,32,36)(H,33,35)(H,34,37). The van der Waals surface area contributed by atoms with Gasteiger partial charge in [-0.25, -0.2) is 4.98 Å². The monoisotopic (exact) mass is 527 g/mol.